The number of aryl methyl sites for hydroxylation is 2. The number of nitrogens with zero attached hydrogens (tertiary/aromatic N) is 3. The lowest BCUT2D eigenvalue weighted by molar-refractivity contribution is 0.0926. The minimum absolute atomic E-state index is 0.149. The molecule has 0 unspecified atom stereocenters. The Bertz CT molecular complexity index is 674. The van der Waals surface area contributed by atoms with Gasteiger partial charge in [0.15, 0.2) is 5.69 Å². The second-order valence-electron chi connectivity index (χ2n) is 6.34. The van der Waals surface area contributed by atoms with E-state index in [2.05, 4.69) is 32.7 Å². The zero-order chi connectivity index (χ0) is 16.9. The van der Waals surface area contributed by atoms with Gasteiger partial charge in [-0.3, -0.25) is 9.69 Å². The second kappa shape index (κ2) is 7.90. The van der Waals surface area contributed by atoms with Crippen LogP contribution in [0.4, 0.5) is 0 Å². The first-order chi connectivity index (χ1) is 11.6. The van der Waals surface area contributed by atoms with Gasteiger partial charge in [-0.05, 0) is 45.2 Å². The van der Waals surface area contributed by atoms with Crippen LogP contribution in [0.3, 0.4) is 0 Å². The SMILES string of the molecule is CCc1nc(CN2CCC(CNC(=O)c3cc(C)on3)CC2)cs1. The Kier molecular flexibility index (Phi) is 5.63. The third-order valence-electron chi connectivity index (χ3n) is 4.41. The Labute approximate surface area is 146 Å². The molecule has 3 heterocycles. The monoisotopic (exact) mass is 348 g/mol. The van der Waals surface area contributed by atoms with E-state index in [0.29, 0.717) is 23.9 Å². The molecule has 0 aromatic carbocycles. The molecule has 1 aliphatic heterocycles. The Morgan fingerprint density at radius 2 is 2.25 bits per heavy atom. The van der Waals surface area contributed by atoms with Crippen molar-refractivity contribution in [3.05, 3.63) is 33.6 Å². The third-order valence-corrected chi connectivity index (χ3v) is 5.45. The molecule has 1 amide bonds. The van der Waals surface area contributed by atoms with Crippen molar-refractivity contribution in [3.8, 4) is 0 Å². The van der Waals surface area contributed by atoms with E-state index in [1.54, 1.807) is 24.3 Å². The molecular formula is C17H24N4O2S. The van der Waals surface area contributed by atoms with Gasteiger partial charge in [-0.2, -0.15) is 0 Å². The molecule has 0 saturated carbocycles. The molecule has 0 spiro atoms. The summed E-state index contributed by atoms with van der Waals surface area (Å²) in [6.45, 7) is 7.68. The first-order valence-corrected chi connectivity index (χ1v) is 9.39. The van der Waals surface area contributed by atoms with E-state index in [1.807, 2.05) is 0 Å². The number of carbonyl (C=O) groups excluding carboxylic acids is 1. The third kappa shape index (κ3) is 4.42. The lowest BCUT2D eigenvalue weighted by Gasteiger charge is -2.31. The molecule has 0 atom stereocenters. The van der Waals surface area contributed by atoms with Gasteiger partial charge in [0.25, 0.3) is 5.91 Å². The number of carbonyl (C=O) groups is 1. The van der Waals surface area contributed by atoms with E-state index in [0.717, 1.165) is 38.9 Å². The van der Waals surface area contributed by atoms with Crippen molar-refractivity contribution in [2.75, 3.05) is 19.6 Å². The summed E-state index contributed by atoms with van der Waals surface area (Å²) < 4.78 is 4.94. The molecule has 2 aromatic heterocycles. The number of hydrogen-bond donors (Lipinski definition) is 1. The first-order valence-electron chi connectivity index (χ1n) is 8.51. The summed E-state index contributed by atoms with van der Waals surface area (Å²) in [6.07, 6.45) is 3.21. The van der Waals surface area contributed by atoms with Gasteiger partial charge in [0.2, 0.25) is 0 Å². The molecule has 1 saturated heterocycles. The summed E-state index contributed by atoms with van der Waals surface area (Å²) in [6, 6.07) is 1.66. The van der Waals surface area contributed by atoms with Gasteiger partial charge in [0, 0.05) is 24.5 Å². The van der Waals surface area contributed by atoms with Crippen LogP contribution < -0.4 is 5.32 Å². The van der Waals surface area contributed by atoms with Crippen LogP contribution in [-0.2, 0) is 13.0 Å². The van der Waals surface area contributed by atoms with Crippen molar-refractivity contribution in [1.82, 2.24) is 20.4 Å². The number of likely N-dealkylation sites (tertiary alicyclic amines) is 1. The average Bonchev–Trinajstić information content (AvgIpc) is 3.23. The summed E-state index contributed by atoms with van der Waals surface area (Å²) in [5, 5.41) is 10.1. The fourth-order valence-corrected chi connectivity index (χ4v) is 3.70. The molecule has 7 heteroatoms. The summed E-state index contributed by atoms with van der Waals surface area (Å²) in [5.41, 5.74) is 1.55. The second-order valence-corrected chi connectivity index (χ2v) is 7.28. The molecule has 1 N–H and O–H groups in total. The van der Waals surface area contributed by atoms with E-state index in [9.17, 15) is 4.79 Å². The van der Waals surface area contributed by atoms with Crippen LogP contribution >= 0.6 is 11.3 Å². The van der Waals surface area contributed by atoms with E-state index in [-0.39, 0.29) is 5.91 Å². The normalized spacial score (nSPS) is 16.4. The van der Waals surface area contributed by atoms with E-state index in [4.69, 9.17) is 4.52 Å². The fraction of sp³-hybridized carbons (Fsp3) is 0.588. The van der Waals surface area contributed by atoms with Crippen LogP contribution in [0, 0.1) is 12.8 Å². The van der Waals surface area contributed by atoms with E-state index < -0.39 is 0 Å². The maximum atomic E-state index is 12.0. The van der Waals surface area contributed by atoms with Crippen molar-refractivity contribution in [2.24, 2.45) is 5.92 Å². The number of rotatable bonds is 6. The highest BCUT2D eigenvalue weighted by atomic mass is 32.1. The van der Waals surface area contributed by atoms with Crippen molar-refractivity contribution in [3.63, 3.8) is 0 Å². The predicted octanol–water partition coefficient (Wildman–Crippen LogP) is 2.64. The Morgan fingerprint density at radius 1 is 1.46 bits per heavy atom. The summed E-state index contributed by atoms with van der Waals surface area (Å²) in [5.74, 6) is 1.03. The number of thiazole rings is 1. The molecule has 0 bridgehead atoms. The topological polar surface area (TPSA) is 71.3 Å². The van der Waals surface area contributed by atoms with Crippen LogP contribution in [0.15, 0.2) is 16.0 Å². The van der Waals surface area contributed by atoms with Crippen molar-refractivity contribution < 1.29 is 9.32 Å². The highest BCUT2D eigenvalue weighted by molar-refractivity contribution is 7.09. The van der Waals surface area contributed by atoms with Crippen LogP contribution in [0.1, 0.15) is 46.7 Å². The van der Waals surface area contributed by atoms with Crippen molar-refractivity contribution >= 4 is 17.2 Å². The van der Waals surface area contributed by atoms with Crippen LogP contribution in [0.5, 0.6) is 0 Å². The zero-order valence-electron chi connectivity index (χ0n) is 14.2. The van der Waals surface area contributed by atoms with Crippen LogP contribution in [-0.4, -0.2) is 40.6 Å². The molecule has 3 rings (SSSR count). The van der Waals surface area contributed by atoms with Gasteiger partial charge in [-0.1, -0.05) is 12.1 Å². The zero-order valence-corrected chi connectivity index (χ0v) is 15.1. The van der Waals surface area contributed by atoms with Crippen LogP contribution in [0.2, 0.25) is 0 Å². The number of amides is 1. The quantitative estimate of drug-likeness (QED) is 0.869. The molecule has 1 aliphatic rings. The number of piperidine rings is 1. The van der Waals surface area contributed by atoms with Gasteiger partial charge in [-0.25, -0.2) is 4.98 Å². The highest BCUT2D eigenvalue weighted by Gasteiger charge is 2.21. The smallest absolute Gasteiger partial charge is 0.273 e. The number of aromatic nitrogens is 2. The standard InChI is InChI=1S/C17H24N4O2S/c1-3-16-19-14(11-24-16)10-21-6-4-13(5-7-21)9-18-17(22)15-8-12(2)23-20-15/h8,11,13H,3-7,9-10H2,1-2H3,(H,18,22). The van der Waals surface area contributed by atoms with E-state index in [1.165, 1.54) is 10.7 Å². The lowest BCUT2D eigenvalue weighted by Crippen LogP contribution is -2.38. The number of hydrogen-bond acceptors (Lipinski definition) is 6. The maximum Gasteiger partial charge on any atom is 0.273 e. The summed E-state index contributed by atoms with van der Waals surface area (Å²) >= 11 is 1.75. The van der Waals surface area contributed by atoms with Gasteiger partial charge >= 0.3 is 0 Å². The largest absolute Gasteiger partial charge is 0.361 e. The maximum absolute atomic E-state index is 12.0. The van der Waals surface area contributed by atoms with E-state index >= 15 is 0 Å². The first kappa shape index (κ1) is 17.1. The van der Waals surface area contributed by atoms with Crippen molar-refractivity contribution in [1.29, 1.82) is 0 Å². The summed E-state index contributed by atoms with van der Waals surface area (Å²) in [4.78, 5) is 19.1. The molecule has 0 aliphatic carbocycles. The fourth-order valence-electron chi connectivity index (χ4n) is 2.96. The van der Waals surface area contributed by atoms with Gasteiger partial charge in [0.05, 0.1) is 10.7 Å². The molecule has 1 fully saturated rings. The molecular weight excluding hydrogens is 324 g/mol. The summed E-state index contributed by atoms with van der Waals surface area (Å²) in [7, 11) is 0. The molecule has 24 heavy (non-hydrogen) atoms. The number of nitrogens with one attached hydrogen (secondary N) is 1. The van der Waals surface area contributed by atoms with Gasteiger partial charge in [-0.15, -0.1) is 11.3 Å². The van der Waals surface area contributed by atoms with Crippen LogP contribution in [0.25, 0.3) is 0 Å². The minimum atomic E-state index is -0.149. The molecule has 130 valence electrons. The lowest BCUT2D eigenvalue weighted by atomic mass is 9.96. The average molecular weight is 348 g/mol. The minimum Gasteiger partial charge on any atom is -0.361 e. The highest BCUT2D eigenvalue weighted by Crippen LogP contribution is 2.19. The molecule has 0 radical (unpaired) electrons. The Morgan fingerprint density at radius 3 is 2.88 bits per heavy atom. The Balaban J connectivity index is 1.39. The van der Waals surface area contributed by atoms with Crippen molar-refractivity contribution in [2.45, 2.75) is 39.7 Å². The van der Waals surface area contributed by atoms with Gasteiger partial charge in [0.1, 0.15) is 5.76 Å². The molecule has 6 nitrogen and oxygen atoms in total. The van der Waals surface area contributed by atoms with Gasteiger partial charge < -0.3 is 9.84 Å². The predicted molar refractivity (Wildman–Crippen MR) is 93.1 cm³/mol. The molecule has 2 aromatic rings. The Hall–Kier alpha value is -1.73.